The first-order valence-electron chi connectivity index (χ1n) is 7.71. The number of rotatable bonds is 7. The maximum Gasteiger partial charge on any atom is 0.306 e. The van der Waals surface area contributed by atoms with Crippen LogP contribution in [0.4, 0.5) is 0 Å². The number of nitrogens with two attached hydrogens (primary N) is 1. The van der Waals surface area contributed by atoms with Crippen LogP contribution in [0.2, 0.25) is 0 Å². The molecule has 1 rings (SSSR count). The van der Waals surface area contributed by atoms with Crippen molar-refractivity contribution >= 4 is 17.8 Å². The molecule has 0 unspecified atom stereocenters. The van der Waals surface area contributed by atoms with Crippen LogP contribution in [-0.4, -0.2) is 30.4 Å². The third-order valence-corrected chi connectivity index (χ3v) is 3.94. The first kappa shape index (κ1) is 17.5. The normalized spacial score (nSPS) is 18.6. The summed E-state index contributed by atoms with van der Waals surface area (Å²) >= 11 is 0. The molecule has 120 valence electrons. The molecule has 2 atom stereocenters. The van der Waals surface area contributed by atoms with Crippen LogP contribution in [0.15, 0.2) is 0 Å². The maximum atomic E-state index is 12.2. The molecule has 0 aromatic carbocycles. The van der Waals surface area contributed by atoms with Gasteiger partial charge in [0, 0.05) is 5.92 Å². The number of ether oxygens (including phenoxy) is 1. The number of hydrogen-bond donors (Lipinski definition) is 2. The number of amides is 2. The summed E-state index contributed by atoms with van der Waals surface area (Å²) in [5, 5.41) is 2.71. The van der Waals surface area contributed by atoms with Crippen LogP contribution in [0.3, 0.4) is 0 Å². The van der Waals surface area contributed by atoms with E-state index in [0.29, 0.717) is 6.61 Å². The quantitative estimate of drug-likeness (QED) is 0.688. The Morgan fingerprint density at radius 3 is 2.38 bits per heavy atom. The lowest BCUT2D eigenvalue weighted by Crippen LogP contribution is -2.50. The molecule has 0 radical (unpaired) electrons. The van der Waals surface area contributed by atoms with Gasteiger partial charge in [-0.15, -0.1) is 0 Å². The zero-order chi connectivity index (χ0) is 15.8. The highest BCUT2D eigenvalue weighted by Crippen LogP contribution is 2.24. The van der Waals surface area contributed by atoms with Crippen LogP contribution in [0.5, 0.6) is 0 Å². The van der Waals surface area contributed by atoms with Crippen molar-refractivity contribution in [3.8, 4) is 0 Å². The maximum absolute atomic E-state index is 12.2. The molecule has 0 saturated heterocycles. The minimum atomic E-state index is -0.830. The number of esters is 1. The first-order chi connectivity index (χ1) is 9.95. The van der Waals surface area contributed by atoms with Gasteiger partial charge in [0.25, 0.3) is 0 Å². The van der Waals surface area contributed by atoms with E-state index in [-0.39, 0.29) is 30.1 Å². The summed E-state index contributed by atoms with van der Waals surface area (Å²) in [5.41, 5.74) is 5.36. The van der Waals surface area contributed by atoms with Gasteiger partial charge < -0.3 is 15.8 Å². The van der Waals surface area contributed by atoms with Gasteiger partial charge in [0.15, 0.2) is 0 Å². The van der Waals surface area contributed by atoms with Gasteiger partial charge in [0.2, 0.25) is 11.8 Å². The number of hydrogen-bond acceptors (Lipinski definition) is 4. The molecule has 1 fully saturated rings. The average molecular weight is 298 g/mol. The third-order valence-electron chi connectivity index (χ3n) is 3.94. The van der Waals surface area contributed by atoms with Crippen LogP contribution in [0.25, 0.3) is 0 Å². The Hall–Kier alpha value is -1.59. The molecule has 2 amide bonds. The van der Waals surface area contributed by atoms with Gasteiger partial charge in [-0.1, -0.05) is 26.2 Å². The number of carbonyl (C=O) groups is 3. The Morgan fingerprint density at radius 2 is 1.86 bits per heavy atom. The fraction of sp³-hybridized carbons (Fsp3) is 0.800. The minimum Gasteiger partial charge on any atom is -0.466 e. The predicted octanol–water partition coefficient (Wildman–Crippen LogP) is 1.13. The van der Waals surface area contributed by atoms with E-state index in [0.717, 1.165) is 32.1 Å². The van der Waals surface area contributed by atoms with Crippen LogP contribution in [0.1, 0.15) is 52.4 Å². The summed E-state index contributed by atoms with van der Waals surface area (Å²) in [6.07, 6.45) is 5.00. The van der Waals surface area contributed by atoms with E-state index in [2.05, 4.69) is 5.32 Å². The number of primary amides is 1. The van der Waals surface area contributed by atoms with Crippen molar-refractivity contribution in [2.45, 2.75) is 58.4 Å². The van der Waals surface area contributed by atoms with Crippen LogP contribution in [-0.2, 0) is 19.1 Å². The summed E-state index contributed by atoms with van der Waals surface area (Å²) in [5.74, 6) is -1.56. The Bertz CT molecular complexity index is 378. The molecule has 0 bridgehead atoms. The second-order valence-corrected chi connectivity index (χ2v) is 5.71. The zero-order valence-corrected chi connectivity index (χ0v) is 12.9. The average Bonchev–Trinajstić information content (AvgIpc) is 2.45. The van der Waals surface area contributed by atoms with Gasteiger partial charge in [-0.2, -0.15) is 0 Å². The minimum absolute atomic E-state index is 0.0459. The molecule has 0 heterocycles. The summed E-state index contributed by atoms with van der Waals surface area (Å²) in [6, 6.07) is -0.830. The molecule has 1 saturated carbocycles. The number of nitrogens with one attached hydrogen (secondary N) is 1. The van der Waals surface area contributed by atoms with Gasteiger partial charge in [-0.25, -0.2) is 0 Å². The molecule has 6 heteroatoms. The van der Waals surface area contributed by atoms with E-state index in [1.807, 2.05) is 0 Å². The highest BCUT2D eigenvalue weighted by molar-refractivity contribution is 5.88. The highest BCUT2D eigenvalue weighted by atomic mass is 16.5. The van der Waals surface area contributed by atoms with Crippen LogP contribution >= 0.6 is 0 Å². The molecule has 0 aliphatic heterocycles. The zero-order valence-electron chi connectivity index (χ0n) is 12.9. The lowest BCUT2D eigenvalue weighted by Gasteiger charge is -2.26. The molecule has 6 nitrogen and oxygen atoms in total. The van der Waals surface area contributed by atoms with Crippen molar-refractivity contribution in [3.05, 3.63) is 0 Å². The van der Waals surface area contributed by atoms with E-state index >= 15 is 0 Å². The largest absolute Gasteiger partial charge is 0.466 e. The van der Waals surface area contributed by atoms with E-state index in [1.54, 1.807) is 13.8 Å². The molecule has 21 heavy (non-hydrogen) atoms. The molecule has 0 aromatic rings. The smallest absolute Gasteiger partial charge is 0.306 e. The SMILES string of the molecule is CCOC(=O)C[C@H](C)[C@@H](NC(=O)C1CCCCC1)C(N)=O. The summed E-state index contributed by atoms with van der Waals surface area (Å²) in [4.78, 5) is 35.2. The fourth-order valence-electron chi connectivity index (χ4n) is 2.73. The van der Waals surface area contributed by atoms with E-state index in [4.69, 9.17) is 10.5 Å². The topological polar surface area (TPSA) is 98.5 Å². The Balaban J connectivity index is 2.57. The van der Waals surface area contributed by atoms with Crippen molar-refractivity contribution in [3.63, 3.8) is 0 Å². The summed E-state index contributed by atoms with van der Waals surface area (Å²) in [7, 11) is 0. The van der Waals surface area contributed by atoms with Crippen molar-refractivity contribution in [1.29, 1.82) is 0 Å². The van der Waals surface area contributed by atoms with Crippen molar-refractivity contribution < 1.29 is 19.1 Å². The Morgan fingerprint density at radius 1 is 1.24 bits per heavy atom. The fourth-order valence-corrected chi connectivity index (χ4v) is 2.73. The molecule has 3 N–H and O–H groups in total. The van der Waals surface area contributed by atoms with Crippen LogP contribution < -0.4 is 11.1 Å². The molecule has 0 spiro atoms. The van der Waals surface area contributed by atoms with E-state index in [9.17, 15) is 14.4 Å². The lowest BCUT2D eigenvalue weighted by molar-refractivity contribution is -0.145. The van der Waals surface area contributed by atoms with E-state index < -0.39 is 11.9 Å². The highest BCUT2D eigenvalue weighted by Gasteiger charge is 2.30. The number of carbonyl (C=O) groups excluding carboxylic acids is 3. The Labute approximate surface area is 125 Å². The third kappa shape index (κ3) is 5.73. The molecular weight excluding hydrogens is 272 g/mol. The van der Waals surface area contributed by atoms with Crippen molar-refractivity contribution in [2.24, 2.45) is 17.6 Å². The summed E-state index contributed by atoms with van der Waals surface area (Å²) in [6.45, 7) is 3.73. The molecular formula is C15H26N2O4. The van der Waals surface area contributed by atoms with Gasteiger partial charge in [-0.05, 0) is 25.7 Å². The predicted molar refractivity (Wildman–Crippen MR) is 78.1 cm³/mol. The van der Waals surface area contributed by atoms with Crippen molar-refractivity contribution in [2.75, 3.05) is 6.61 Å². The van der Waals surface area contributed by atoms with Gasteiger partial charge in [-0.3, -0.25) is 14.4 Å². The van der Waals surface area contributed by atoms with Crippen LogP contribution in [0, 0.1) is 11.8 Å². The van der Waals surface area contributed by atoms with E-state index in [1.165, 1.54) is 0 Å². The monoisotopic (exact) mass is 298 g/mol. The lowest BCUT2D eigenvalue weighted by atomic mass is 9.88. The summed E-state index contributed by atoms with van der Waals surface area (Å²) < 4.78 is 4.86. The molecule has 1 aliphatic rings. The standard InChI is InChI=1S/C15H26N2O4/c1-3-21-12(18)9-10(2)13(14(16)19)17-15(20)11-7-5-4-6-8-11/h10-11,13H,3-9H2,1-2H3,(H2,16,19)(H,17,20)/t10-,13+/m0/s1. The van der Waals surface area contributed by atoms with Crippen molar-refractivity contribution in [1.82, 2.24) is 5.32 Å². The molecule has 1 aliphatic carbocycles. The Kier molecular flexibility index (Phi) is 7.19. The second-order valence-electron chi connectivity index (χ2n) is 5.71. The van der Waals surface area contributed by atoms with Gasteiger partial charge in [0.1, 0.15) is 6.04 Å². The van der Waals surface area contributed by atoms with Gasteiger partial charge in [0.05, 0.1) is 13.0 Å². The second kappa shape index (κ2) is 8.64. The first-order valence-corrected chi connectivity index (χ1v) is 7.71. The molecule has 0 aromatic heterocycles. The van der Waals surface area contributed by atoms with Gasteiger partial charge >= 0.3 is 5.97 Å².